The number of carbonyl (C=O) groups excluding carboxylic acids is 1. The van der Waals surface area contributed by atoms with E-state index >= 15 is 0 Å². The molecule has 0 atom stereocenters. The van der Waals surface area contributed by atoms with Gasteiger partial charge >= 0.3 is 18.4 Å². The molecule has 0 aliphatic carbocycles. The minimum absolute atomic E-state index is 0.164. The first kappa shape index (κ1) is 26.9. The number of rotatable bonds is 6. The van der Waals surface area contributed by atoms with E-state index in [2.05, 4.69) is 19.7 Å². The van der Waals surface area contributed by atoms with Crippen LogP contribution in [-0.2, 0) is 4.79 Å². The fourth-order valence-corrected chi connectivity index (χ4v) is 3.81. The van der Waals surface area contributed by atoms with Crippen LogP contribution in [0.2, 0.25) is 0 Å². The molecule has 2 aromatic carbocycles. The van der Waals surface area contributed by atoms with Crippen molar-refractivity contribution in [2.75, 3.05) is 36.0 Å². The van der Waals surface area contributed by atoms with E-state index in [1.54, 1.807) is 70.5 Å². The molecule has 0 unspecified atom stereocenters. The minimum Gasteiger partial charge on any atom is -0.440 e. The smallest absolute Gasteiger partial charge is 0.434 e. The zero-order valence-corrected chi connectivity index (χ0v) is 19.9. The number of carbonyl (C=O) groups is 1. The molecule has 4 rings (SSSR count). The molecular weight excluding hydrogens is 518 g/mol. The van der Waals surface area contributed by atoms with Crippen molar-refractivity contribution in [3.63, 3.8) is 0 Å². The molecule has 0 spiro atoms. The Hall–Kier alpha value is -4.10. The number of alkyl halides is 6. The van der Waals surface area contributed by atoms with Crippen molar-refractivity contribution in [1.29, 1.82) is 0 Å². The van der Waals surface area contributed by atoms with Gasteiger partial charge < -0.3 is 14.5 Å². The second-order valence-corrected chi connectivity index (χ2v) is 8.30. The van der Waals surface area contributed by atoms with E-state index in [1.165, 1.54) is 11.8 Å². The Morgan fingerprint density at radius 2 is 1.32 bits per heavy atom. The van der Waals surface area contributed by atoms with Crippen molar-refractivity contribution in [2.45, 2.75) is 25.4 Å². The Labute approximate surface area is 213 Å². The molecule has 3 aromatic rings. The van der Waals surface area contributed by atoms with Gasteiger partial charge in [-0.1, -0.05) is 36.4 Å². The van der Waals surface area contributed by atoms with Gasteiger partial charge in [-0.15, -0.1) is 0 Å². The van der Waals surface area contributed by atoms with Gasteiger partial charge in [-0.25, -0.2) is 0 Å². The molecule has 1 fully saturated rings. The maximum atomic E-state index is 13.3. The number of amides is 1. The van der Waals surface area contributed by atoms with Gasteiger partial charge in [-0.2, -0.15) is 41.3 Å². The maximum absolute atomic E-state index is 13.3. The first-order chi connectivity index (χ1) is 17.9. The highest BCUT2D eigenvalue weighted by Gasteiger charge is 2.59. The Kier molecular flexibility index (Phi) is 7.60. The third-order valence-corrected chi connectivity index (χ3v) is 5.65. The number of halogens is 6. The van der Waals surface area contributed by atoms with Gasteiger partial charge in [-0.3, -0.25) is 9.69 Å². The highest BCUT2D eigenvalue weighted by molar-refractivity contribution is 5.74. The quantitative estimate of drug-likeness (QED) is 0.413. The van der Waals surface area contributed by atoms with E-state index in [0.29, 0.717) is 11.4 Å². The molecular formula is C24H22F6N6O2. The van der Waals surface area contributed by atoms with Crippen LogP contribution >= 0.6 is 0 Å². The zero-order valence-electron chi connectivity index (χ0n) is 19.9. The summed E-state index contributed by atoms with van der Waals surface area (Å²) in [5, 5.41) is 0. The molecule has 0 N–H and O–H groups in total. The van der Waals surface area contributed by atoms with E-state index in [-0.39, 0.29) is 44.0 Å². The summed E-state index contributed by atoms with van der Waals surface area (Å²) in [6.45, 7) is 2.32. The third kappa shape index (κ3) is 6.23. The number of piperazine rings is 1. The van der Waals surface area contributed by atoms with Crippen LogP contribution in [0.5, 0.6) is 6.01 Å². The Morgan fingerprint density at radius 3 is 1.76 bits per heavy atom. The molecule has 202 valence electrons. The number of benzene rings is 2. The highest BCUT2D eigenvalue weighted by Crippen LogP contribution is 2.38. The summed E-state index contributed by atoms with van der Waals surface area (Å²) >= 11 is 0. The summed E-state index contributed by atoms with van der Waals surface area (Å²) in [5.41, 5.74) is 0.984. The average Bonchev–Trinajstić information content (AvgIpc) is 2.87. The summed E-state index contributed by atoms with van der Waals surface area (Å²) < 4.78 is 84.1. The fraction of sp³-hybridized carbons (Fsp3) is 0.333. The lowest BCUT2D eigenvalue weighted by atomic mass is 10.2. The molecule has 1 saturated heterocycles. The van der Waals surface area contributed by atoms with Gasteiger partial charge in [0, 0.05) is 44.5 Å². The first-order valence-corrected chi connectivity index (χ1v) is 11.4. The van der Waals surface area contributed by atoms with Gasteiger partial charge in [0.25, 0.3) is 6.10 Å². The Bertz CT molecular complexity index is 1180. The van der Waals surface area contributed by atoms with E-state index < -0.39 is 24.5 Å². The molecule has 14 heteroatoms. The van der Waals surface area contributed by atoms with Crippen molar-refractivity contribution in [3.8, 4) is 6.01 Å². The van der Waals surface area contributed by atoms with Crippen LogP contribution in [0.25, 0.3) is 0 Å². The molecule has 0 saturated carbocycles. The normalized spacial score (nSPS) is 14.5. The summed E-state index contributed by atoms with van der Waals surface area (Å²) in [6.07, 6.45) is -15.7. The predicted molar refractivity (Wildman–Crippen MR) is 126 cm³/mol. The van der Waals surface area contributed by atoms with Crippen molar-refractivity contribution in [2.24, 2.45) is 0 Å². The number of anilines is 4. The number of ether oxygens (including phenoxy) is 1. The van der Waals surface area contributed by atoms with E-state index in [9.17, 15) is 31.1 Å². The number of para-hydroxylation sites is 2. The summed E-state index contributed by atoms with van der Waals surface area (Å²) in [5.74, 6) is -0.602. The van der Waals surface area contributed by atoms with Gasteiger partial charge in [-0.05, 0) is 24.3 Å². The molecule has 0 bridgehead atoms. The number of hydrogen-bond donors (Lipinski definition) is 0. The standard InChI is InChI=1S/C24H22F6N6O2/c1-16(37)34-12-14-35(15-13-34)20-31-21(33-22(32-20)38-19(23(25,26)27)24(28,29)30)36(17-8-4-2-5-9-17)18-10-6-3-7-11-18/h2-11,19H,12-15H2,1H3. The van der Waals surface area contributed by atoms with E-state index in [0.717, 1.165) is 0 Å². The summed E-state index contributed by atoms with van der Waals surface area (Å²) in [7, 11) is 0. The molecule has 8 nitrogen and oxygen atoms in total. The third-order valence-electron chi connectivity index (χ3n) is 5.65. The first-order valence-electron chi connectivity index (χ1n) is 11.4. The van der Waals surface area contributed by atoms with E-state index in [1.807, 2.05) is 0 Å². The predicted octanol–water partition coefficient (Wildman–Crippen LogP) is 4.88. The van der Waals surface area contributed by atoms with Crippen molar-refractivity contribution >= 4 is 29.2 Å². The van der Waals surface area contributed by atoms with Crippen LogP contribution in [0, 0.1) is 0 Å². The van der Waals surface area contributed by atoms with Crippen LogP contribution < -0.4 is 14.5 Å². The van der Waals surface area contributed by atoms with Crippen LogP contribution in [0.1, 0.15) is 6.92 Å². The van der Waals surface area contributed by atoms with Crippen molar-refractivity contribution in [3.05, 3.63) is 60.7 Å². The zero-order chi connectivity index (χ0) is 27.5. The molecule has 0 radical (unpaired) electrons. The Balaban J connectivity index is 1.82. The average molecular weight is 540 g/mol. The molecule has 1 aliphatic rings. The molecule has 38 heavy (non-hydrogen) atoms. The lowest BCUT2D eigenvalue weighted by molar-refractivity contribution is -0.301. The largest absolute Gasteiger partial charge is 0.440 e. The number of aromatic nitrogens is 3. The molecule has 1 aromatic heterocycles. The second-order valence-electron chi connectivity index (χ2n) is 8.30. The van der Waals surface area contributed by atoms with Crippen LogP contribution in [0.4, 0.5) is 49.6 Å². The highest BCUT2D eigenvalue weighted by atomic mass is 19.4. The monoisotopic (exact) mass is 540 g/mol. The van der Waals surface area contributed by atoms with Crippen molar-refractivity contribution in [1.82, 2.24) is 19.9 Å². The lowest BCUT2D eigenvalue weighted by Crippen LogP contribution is -2.49. The number of nitrogens with zero attached hydrogens (tertiary/aromatic N) is 6. The number of hydrogen-bond acceptors (Lipinski definition) is 7. The summed E-state index contributed by atoms with van der Waals surface area (Å²) in [4.78, 5) is 28.3. The topological polar surface area (TPSA) is 74.7 Å². The molecule has 1 amide bonds. The van der Waals surface area contributed by atoms with Gasteiger partial charge in [0.2, 0.25) is 17.8 Å². The Morgan fingerprint density at radius 1 is 0.816 bits per heavy atom. The summed E-state index contributed by atoms with van der Waals surface area (Å²) in [6, 6.07) is 15.9. The molecule has 2 heterocycles. The van der Waals surface area contributed by atoms with Crippen molar-refractivity contribution < 1.29 is 35.9 Å². The van der Waals surface area contributed by atoms with Gasteiger partial charge in [0.1, 0.15) is 0 Å². The lowest BCUT2D eigenvalue weighted by Gasteiger charge is -2.34. The SMILES string of the molecule is CC(=O)N1CCN(c2nc(OC(C(F)(F)F)C(F)(F)F)nc(N(c3ccccc3)c3ccccc3)n2)CC1. The second kappa shape index (κ2) is 10.7. The minimum atomic E-state index is -5.77. The fourth-order valence-electron chi connectivity index (χ4n) is 3.81. The van der Waals surface area contributed by atoms with Crippen LogP contribution in [0.3, 0.4) is 0 Å². The van der Waals surface area contributed by atoms with Gasteiger partial charge in [0.15, 0.2) is 0 Å². The van der Waals surface area contributed by atoms with E-state index in [4.69, 9.17) is 0 Å². The maximum Gasteiger partial charge on any atom is 0.434 e. The van der Waals surface area contributed by atoms with Gasteiger partial charge in [0.05, 0.1) is 0 Å². The molecule has 1 aliphatic heterocycles. The van der Waals surface area contributed by atoms with Crippen LogP contribution in [-0.4, -0.2) is 70.4 Å². The van der Waals surface area contributed by atoms with Crippen LogP contribution in [0.15, 0.2) is 60.7 Å².